The number of hydrogen-bond donors (Lipinski definition) is 1. The van der Waals surface area contributed by atoms with Gasteiger partial charge in [-0.05, 0) is 54.4 Å². The number of benzene rings is 1. The quantitative estimate of drug-likeness (QED) is 0.919. The van der Waals surface area contributed by atoms with Gasteiger partial charge < -0.3 is 5.73 Å². The van der Waals surface area contributed by atoms with E-state index in [1.165, 1.54) is 0 Å². The van der Waals surface area contributed by atoms with Gasteiger partial charge in [0.25, 0.3) is 0 Å². The fourth-order valence-corrected chi connectivity index (χ4v) is 2.93. The van der Waals surface area contributed by atoms with Crippen LogP contribution in [0.25, 0.3) is 5.69 Å². The van der Waals surface area contributed by atoms with Crippen molar-refractivity contribution in [1.29, 1.82) is 0 Å². The van der Waals surface area contributed by atoms with Crippen LogP contribution in [-0.4, -0.2) is 44.7 Å². The van der Waals surface area contributed by atoms with Crippen molar-refractivity contribution >= 4 is 0 Å². The largest absolute Gasteiger partial charge is 0.330 e. The van der Waals surface area contributed by atoms with Crippen molar-refractivity contribution < 1.29 is 0 Å². The Morgan fingerprint density at radius 2 is 2.10 bits per heavy atom. The average Bonchev–Trinajstić information content (AvgIpc) is 3.15. The molecule has 2 aromatic rings. The van der Waals surface area contributed by atoms with Crippen LogP contribution in [0, 0.1) is 5.41 Å². The van der Waals surface area contributed by atoms with Gasteiger partial charge in [-0.15, -0.1) is 5.10 Å². The van der Waals surface area contributed by atoms with E-state index in [0.29, 0.717) is 0 Å². The highest BCUT2D eigenvalue weighted by Gasteiger charge is 2.36. The number of nitrogens with zero attached hydrogens (tertiary/aromatic N) is 5. The molecule has 2 atom stereocenters. The molecule has 1 aromatic heterocycles. The van der Waals surface area contributed by atoms with E-state index in [1.54, 1.807) is 0 Å². The van der Waals surface area contributed by atoms with Crippen LogP contribution >= 0.6 is 0 Å². The summed E-state index contributed by atoms with van der Waals surface area (Å²) >= 11 is 0. The van der Waals surface area contributed by atoms with E-state index >= 15 is 0 Å². The second-order valence-electron chi connectivity index (χ2n) is 6.20. The third kappa shape index (κ3) is 2.69. The molecular weight excluding hydrogens is 264 g/mol. The first-order valence-electron chi connectivity index (χ1n) is 7.41. The Morgan fingerprint density at radius 3 is 2.76 bits per heavy atom. The molecule has 2 heterocycles. The first-order chi connectivity index (χ1) is 10.1. The fourth-order valence-electron chi connectivity index (χ4n) is 2.93. The SMILES string of the molecule is CC(c1nnnn1-c1ccccc1)N1CCC(C)(CN)C1. The molecule has 1 aliphatic heterocycles. The van der Waals surface area contributed by atoms with Gasteiger partial charge in [-0.25, -0.2) is 0 Å². The Kier molecular flexibility index (Phi) is 3.73. The molecule has 0 spiro atoms. The molecule has 0 saturated carbocycles. The van der Waals surface area contributed by atoms with Crippen LogP contribution in [0.15, 0.2) is 30.3 Å². The van der Waals surface area contributed by atoms with Crippen molar-refractivity contribution in [1.82, 2.24) is 25.1 Å². The maximum absolute atomic E-state index is 5.90. The van der Waals surface area contributed by atoms with E-state index in [2.05, 4.69) is 34.3 Å². The molecule has 0 amide bonds. The normalized spacial score (nSPS) is 24.3. The van der Waals surface area contributed by atoms with Crippen LogP contribution in [0.2, 0.25) is 0 Å². The second-order valence-corrected chi connectivity index (χ2v) is 6.20. The van der Waals surface area contributed by atoms with Crippen molar-refractivity contribution in [2.75, 3.05) is 19.6 Å². The van der Waals surface area contributed by atoms with E-state index in [9.17, 15) is 0 Å². The first kappa shape index (κ1) is 14.2. The summed E-state index contributed by atoms with van der Waals surface area (Å²) in [6.45, 7) is 7.16. The van der Waals surface area contributed by atoms with Gasteiger partial charge in [-0.3, -0.25) is 4.90 Å². The molecule has 0 bridgehead atoms. The number of para-hydroxylation sites is 1. The monoisotopic (exact) mass is 286 g/mol. The molecular formula is C15H22N6. The zero-order valence-corrected chi connectivity index (χ0v) is 12.6. The summed E-state index contributed by atoms with van der Waals surface area (Å²) < 4.78 is 1.82. The molecule has 1 aromatic carbocycles. The molecule has 0 aliphatic carbocycles. The lowest BCUT2D eigenvalue weighted by molar-refractivity contribution is 0.218. The third-order valence-electron chi connectivity index (χ3n) is 4.50. The highest BCUT2D eigenvalue weighted by atomic mass is 15.6. The Labute approximate surface area is 124 Å². The second kappa shape index (κ2) is 5.54. The predicted octanol–water partition coefficient (Wildman–Crippen LogP) is 1.39. The van der Waals surface area contributed by atoms with Gasteiger partial charge >= 0.3 is 0 Å². The zero-order valence-electron chi connectivity index (χ0n) is 12.6. The van der Waals surface area contributed by atoms with Gasteiger partial charge in [0.05, 0.1) is 11.7 Å². The van der Waals surface area contributed by atoms with Crippen LogP contribution in [0.5, 0.6) is 0 Å². The summed E-state index contributed by atoms with van der Waals surface area (Å²) in [5.74, 6) is 0.877. The number of tetrazole rings is 1. The zero-order chi connectivity index (χ0) is 14.9. The summed E-state index contributed by atoms with van der Waals surface area (Å²) in [7, 11) is 0. The first-order valence-corrected chi connectivity index (χ1v) is 7.41. The topological polar surface area (TPSA) is 72.9 Å². The molecule has 2 N–H and O–H groups in total. The van der Waals surface area contributed by atoms with E-state index in [-0.39, 0.29) is 11.5 Å². The average molecular weight is 286 g/mol. The van der Waals surface area contributed by atoms with Gasteiger partial charge in [-0.1, -0.05) is 25.1 Å². The number of likely N-dealkylation sites (tertiary alicyclic amines) is 1. The summed E-state index contributed by atoms with van der Waals surface area (Å²) in [5, 5.41) is 12.2. The van der Waals surface area contributed by atoms with Crippen molar-refractivity contribution in [3.63, 3.8) is 0 Å². The molecule has 1 fully saturated rings. The minimum absolute atomic E-state index is 0.175. The Morgan fingerprint density at radius 1 is 1.33 bits per heavy atom. The smallest absolute Gasteiger partial charge is 0.173 e. The van der Waals surface area contributed by atoms with E-state index in [4.69, 9.17) is 5.73 Å². The molecule has 2 unspecified atom stereocenters. The number of rotatable bonds is 4. The minimum atomic E-state index is 0.175. The summed E-state index contributed by atoms with van der Waals surface area (Å²) in [6, 6.07) is 10.2. The molecule has 3 rings (SSSR count). The van der Waals surface area contributed by atoms with Crippen LogP contribution in [0.4, 0.5) is 0 Å². The molecule has 21 heavy (non-hydrogen) atoms. The van der Waals surface area contributed by atoms with Gasteiger partial charge in [0.15, 0.2) is 5.82 Å². The Hall–Kier alpha value is -1.79. The Bertz CT molecular complexity index is 595. The predicted molar refractivity (Wildman–Crippen MR) is 80.9 cm³/mol. The van der Waals surface area contributed by atoms with Crippen molar-refractivity contribution in [2.45, 2.75) is 26.3 Å². The van der Waals surface area contributed by atoms with Gasteiger partial charge in [0, 0.05) is 6.54 Å². The van der Waals surface area contributed by atoms with Crippen molar-refractivity contribution in [2.24, 2.45) is 11.1 Å². The highest BCUT2D eigenvalue weighted by molar-refractivity contribution is 5.30. The highest BCUT2D eigenvalue weighted by Crippen LogP contribution is 2.33. The molecule has 6 heteroatoms. The third-order valence-corrected chi connectivity index (χ3v) is 4.50. The molecule has 112 valence electrons. The summed E-state index contributed by atoms with van der Waals surface area (Å²) in [5.41, 5.74) is 7.10. The lowest BCUT2D eigenvalue weighted by Gasteiger charge is -2.26. The maximum Gasteiger partial charge on any atom is 0.173 e. The van der Waals surface area contributed by atoms with E-state index in [0.717, 1.165) is 37.6 Å². The van der Waals surface area contributed by atoms with Crippen molar-refractivity contribution in [3.8, 4) is 5.69 Å². The minimum Gasteiger partial charge on any atom is -0.330 e. The Balaban J connectivity index is 1.84. The van der Waals surface area contributed by atoms with Gasteiger partial charge in [-0.2, -0.15) is 4.68 Å². The van der Waals surface area contributed by atoms with Gasteiger partial charge in [0.2, 0.25) is 0 Å². The van der Waals surface area contributed by atoms with Crippen molar-refractivity contribution in [3.05, 3.63) is 36.2 Å². The fraction of sp³-hybridized carbons (Fsp3) is 0.533. The summed E-state index contributed by atoms with van der Waals surface area (Å²) in [6.07, 6.45) is 1.13. The van der Waals surface area contributed by atoms with Crippen LogP contribution in [-0.2, 0) is 0 Å². The number of hydrogen-bond acceptors (Lipinski definition) is 5. The molecule has 1 aliphatic rings. The van der Waals surface area contributed by atoms with Crippen LogP contribution in [0.3, 0.4) is 0 Å². The molecule has 0 radical (unpaired) electrons. The lowest BCUT2D eigenvalue weighted by Crippen LogP contribution is -2.33. The maximum atomic E-state index is 5.90. The standard InChI is InChI=1S/C15H22N6/c1-12(20-9-8-15(2,10-16)11-20)14-17-18-19-21(14)13-6-4-3-5-7-13/h3-7,12H,8-11,16H2,1-2H3. The van der Waals surface area contributed by atoms with Crippen LogP contribution < -0.4 is 5.73 Å². The lowest BCUT2D eigenvalue weighted by atomic mass is 9.90. The number of aromatic nitrogens is 4. The van der Waals surface area contributed by atoms with E-state index < -0.39 is 0 Å². The van der Waals surface area contributed by atoms with Gasteiger partial charge in [0.1, 0.15) is 0 Å². The van der Waals surface area contributed by atoms with Crippen LogP contribution in [0.1, 0.15) is 32.1 Å². The summed E-state index contributed by atoms with van der Waals surface area (Å²) in [4.78, 5) is 2.41. The van der Waals surface area contributed by atoms with E-state index in [1.807, 2.05) is 35.0 Å². The number of nitrogens with two attached hydrogens (primary N) is 1. The molecule has 1 saturated heterocycles. The molecule has 6 nitrogen and oxygen atoms in total.